The minimum absolute atomic E-state index is 0.0520. The number of carboxylic acids is 1. The van der Waals surface area contributed by atoms with Crippen molar-refractivity contribution in [2.24, 2.45) is 0 Å². The minimum Gasteiger partial charge on any atom is -0.476 e. The molecule has 0 spiro atoms. The van der Waals surface area contributed by atoms with Crippen LogP contribution in [0.25, 0.3) is 0 Å². The molecule has 0 atom stereocenters. The Morgan fingerprint density at radius 3 is 2.76 bits per heavy atom. The highest BCUT2D eigenvalue weighted by molar-refractivity contribution is 5.96. The largest absolute Gasteiger partial charge is 0.476 e. The van der Waals surface area contributed by atoms with Gasteiger partial charge in [-0.05, 0) is 19.3 Å². The van der Waals surface area contributed by atoms with Gasteiger partial charge in [0.05, 0.1) is 6.54 Å². The van der Waals surface area contributed by atoms with Gasteiger partial charge in [0.1, 0.15) is 5.69 Å². The molecule has 1 aromatic rings. The van der Waals surface area contributed by atoms with Crippen LogP contribution in [0.1, 0.15) is 40.2 Å². The molecule has 2 aliphatic rings. The molecule has 90 valence electrons. The van der Waals surface area contributed by atoms with E-state index in [1.54, 1.807) is 0 Å². The molecule has 3 rings (SSSR count). The Balaban J connectivity index is 1.91. The van der Waals surface area contributed by atoms with Gasteiger partial charge in [-0.25, -0.2) is 4.79 Å². The van der Waals surface area contributed by atoms with E-state index in [1.165, 1.54) is 17.2 Å². The van der Waals surface area contributed by atoms with Gasteiger partial charge >= 0.3 is 5.97 Å². The third-order valence-corrected chi connectivity index (χ3v) is 3.55. The Morgan fingerprint density at radius 2 is 2.18 bits per heavy atom. The van der Waals surface area contributed by atoms with Crippen LogP contribution < -0.4 is 0 Å². The summed E-state index contributed by atoms with van der Waals surface area (Å²) in [5.41, 5.74) is 0.351. The summed E-state index contributed by atoms with van der Waals surface area (Å²) in [5.74, 6) is -1.17. The number of rotatable bonds is 2. The first-order valence-electron chi connectivity index (χ1n) is 5.79. The number of aromatic carboxylic acids is 1. The summed E-state index contributed by atoms with van der Waals surface area (Å²) < 4.78 is 1.50. The molecule has 1 amide bonds. The first-order chi connectivity index (χ1) is 8.16. The molecular weight excluding hydrogens is 222 g/mol. The van der Waals surface area contributed by atoms with Crippen LogP contribution in [0.5, 0.6) is 0 Å². The zero-order chi connectivity index (χ0) is 12.0. The van der Waals surface area contributed by atoms with E-state index < -0.39 is 5.97 Å². The van der Waals surface area contributed by atoms with Gasteiger partial charge in [0, 0.05) is 18.7 Å². The maximum absolute atomic E-state index is 12.2. The third-order valence-electron chi connectivity index (χ3n) is 3.55. The van der Waals surface area contributed by atoms with E-state index in [9.17, 15) is 9.59 Å². The Kier molecular flexibility index (Phi) is 2.17. The summed E-state index contributed by atoms with van der Waals surface area (Å²) in [6.45, 7) is 1.22. The highest BCUT2D eigenvalue weighted by Gasteiger charge is 2.34. The van der Waals surface area contributed by atoms with E-state index >= 15 is 0 Å². The van der Waals surface area contributed by atoms with Crippen molar-refractivity contribution in [3.05, 3.63) is 17.5 Å². The second kappa shape index (κ2) is 3.58. The second-order valence-corrected chi connectivity index (χ2v) is 4.53. The van der Waals surface area contributed by atoms with Gasteiger partial charge in [0.15, 0.2) is 5.69 Å². The van der Waals surface area contributed by atoms with Crippen molar-refractivity contribution in [2.75, 3.05) is 6.54 Å². The first-order valence-corrected chi connectivity index (χ1v) is 5.79. The van der Waals surface area contributed by atoms with E-state index in [2.05, 4.69) is 5.10 Å². The van der Waals surface area contributed by atoms with Gasteiger partial charge in [0.2, 0.25) is 0 Å². The quantitative estimate of drug-likeness (QED) is 0.814. The molecule has 1 saturated carbocycles. The third kappa shape index (κ3) is 1.51. The number of hydrogen-bond donors (Lipinski definition) is 1. The fourth-order valence-electron chi connectivity index (χ4n) is 2.36. The van der Waals surface area contributed by atoms with Crippen molar-refractivity contribution in [3.63, 3.8) is 0 Å². The van der Waals surface area contributed by atoms with E-state index in [0.29, 0.717) is 24.8 Å². The number of amides is 1. The number of nitrogens with zero attached hydrogens (tertiary/aromatic N) is 3. The normalized spacial score (nSPS) is 20.0. The number of hydrogen-bond acceptors (Lipinski definition) is 3. The summed E-state index contributed by atoms with van der Waals surface area (Å²) >= 11 is 0. The molecule has 0 unspecified atom stereocenters. The van der Waals surface area contributed by atoms with Crippen LogP contribution >= 0.6 is 0 Å². The fourth-order valence-corrected chi connectivity index (χ4v) is 2.36. The number of fused-ring (bicyclic) bond motifs is 1. The molecular formula is C11H13N3O3. The monoisotopic (exact) mass is 235 g/mol. The van der Waals surface area contributed by atoms with E-state index in [1.807, 2.05) is 4.90 Å². The number of carboxylic acid groups (broad SMARTS) is 1. The smallest absolute Gasteiger partial charge is 0.356 e. The summed E-state index contributed by atoms with van der Waals surface area (Å²) in [6, 6.07) is 1.72. The molecule has 6 heteroatoms. The fraction of sp³-hybridized carbons (Fsp3) is 0.545. The number of aromatic nitrogens is 2. The predicted molar refractivity (Wildman–Crippen MR) is 57.9 cm³/mol. The zero-order valence-corrected chi connectivity index (χ0v) is 9.30. The topological polar surface area (TPSA) is 75.4 Å². The van der Waals surface area contributed by atoms with Crippen molar-refractivity contribution in [3.8, 4) is 0 Å². The molecule has 2 heterocycles. The Bertz CT molecular complexity index is 490. The zero-order valence-electron chi connectivity index (χ0n) is 9.30. The lowest BCUT2D eigenvalue weighted by molar-refractivity contribution is 0.0503. The van der Waals surface area contributed by atoms with Gasteiger partial charge in [-0.3, -0.25) is 9.48 Å². The highest BCUT2D eigenvalue weighted by Crippen LogP contribution is 2.28. The van der Waals surface area contributed by atoms with Crippen LogP contribution in [-0.2, 0) is 6.54 Å². The molecule has 0 saturated heterocycles. The Morgan fingerprint density at radius 1 is 1.41 bits per heavy atom. The maximum Gasteiger partial charge on any atom is 0.356 e. The minimum atomic E-state index is -1.09. The van der Waals surface area contributed by atoms with Crippen molar-refractivity contribution < 1.29 is 14.7 Å². The molecule has 1 N–H and O–H groups in total. The van der Waals surface area contributed by atoms with E-state index in [0.717, 1.165) is 12.8 Å². The maximum atomic E-state index is 12.2. The SMILES string of the molecule is O=C(O)c1cc2n(n1)CCN(C1CCC1)C2=O. The Hall–Kier alpha value is -1.85. The molecule has 0 aromatic carbocycles. The summed E-state index contributed by atoms with van der Waals surface area (Å²) in [5, 5.41) is 12.8. The molecule has 1 fully saturated rings. The second-order valence-electron chi connectivity index (χ2n) is 4.53. The van der Waals surface area contributed by atoms with Gasteiger partial charge in [-0.1, -0.05) is 0 Å². The van der Waals surface area contributed by atoms with E-state index in [-0.39, 0.29) is 11.6 Å². The van der Waals surface area contributed by atoms with Crippen molar-refractivity contribution in [1.29, 1.82) is 0 Å². The lowest BCUT2D eigenvalue weighted by Gasteiger charge is -2.39. The van der Waals surface area contributed by atoms with Crippen molar-refractivity contribution in [2.45, 2.75) is 31.8 Å². The highest BCUT2D eigenvalue weighted by atomic mass is 16.4. The van der Waals surface area contributed by atoms with Gasteiger partial charge in [0.25, 0.3) is 5.91 Å². The molecule has 0 radical (unpaired) electrons. The molecule has 0 bridgehead atoms. The summed E-state index contributed by atoms with van der Waals surface area (Å²) in [7, 11) is 0. The van der Waals surface area contributed by atoms with Gasteiger partial charge < -0.3 is 10.0 Å². The van der Waals surface area contributed by atoms with Crippen molar-refractivity contribution >= 4 is 11.9 Å². The molecule has 1 aliphatic carbocycles. The van der Waals surface area contributed by atoms with Gasteiger partial charge in [-0.2, -0.15) is 5.10 Å². The molecule has 1 aromatic heterocycles. The first kappa shape index (κ1) is 10.3. The number of carbonyl (C=O) groups is 2. The van der Waals surface area contributed by atoms with Crippen LogP contribution in [0.2, 0.25) is 0 Å². The average molecular weight is 235 g/mol. The van der Waals surface area contributed by atoms with Crippen LogP contribution in [0, 0.1) is 0 Å². The van der Waals surface area contributed by atoms with Crippen LogP contribution in [-0.4, -0.2) is 44.3 Å². The Labute approximate surface area is 97.8 Å². The summed E-state index contributed by atoms with van der Waals surface area (Å²) in [6.07, 6.45) is 3.30. The lowest BCUT2D eigenvalue weighted by Crippen LogP contribution is -2.49. The average Bonchev–Trinajstić information content (AvgIpc) is 2.64. The molecule has 17 heavy (non-hydrogen) atoms. The van der Waals surface area contributed by atoms with Gasteiger partial charge in [-0.15, -0.1) is 0 Å². The molecule has 1 aliphatic heterocycles. The summed E-state index contributed by atoms with van der Waals surface area (Å²) in [4.78, 5) is 24.8. The number of carbonyl (C=O) groups excluding carboxylic acids is 1. The molecule has 6 nitrogen and oxygen atoms in total. The van der Waals surface area contributed by atoms with Crippen LogP contribution in [0.15, 0.2) is 6.07 Å². The van der Waals surface area contributed by atoms with Crippen molar-refractivity contribution in [1.82, 2.24) is 14.7 Å². The standard InChI is InChI=1S/C11H13N3O3/c15-10-9-6-8(11(16)17)12-14(9)5-4-13(10)7-2-1-3-7/h6-7H,1-5H2,(H,16,17). The van der Waals surface area contributed by atoms with E-state index in [4.69, 9.17) is 5.11 Å². The predicted octanol–water partition coefficient (Wildman–Crippen LogP) is 0.590. The van der Waals surface area contributed by atoms with Crippen LogP contribution in [0.3, 0.4) is 0 Å². The van der Waals surface area contributed by atoms with Crippen LogP contribution in [0.4, 0.5) is 0 Å². The lowest BCUT2D eigenvalue weighted by atomic mass is 9.91.